The van der Waals surface area contributed by atoms with E-state index >= 15 is 0 Å². The molecule has 1 aliphatic heterocycles. The molecule has 3 N–H and O–H groups in total. The van der Waals surface area contributed by atoms with Crippen molar-refractivity contribution in [2.45, 2.75) is 25.7 Å². The Morgan fingerprint density at radius 1 is 1.20 bits per heavy atom. The number of nitrogens with zero attached hydrogens (tertiary/aromatic N) is 1. The van der Waals surface area contributed by atoms with E-state index in [0.29, 0.717) is 6.42 Å². The summed E-state index contributed by atoms with van der Waals surface area (Å²) in [6, 6.07) is 6.63. The van der Waals surface area contributed by atoms with Gasteiger partial charge in [0.05, 0.1) is 0 Å². The molecule has 1 saturated heterocycles. The molecule has 0 aromatic heterocycles. The van der Waals surface area contributed by atoms with Crippen LogP contribution in [-0.2, 0) is 20.8 Å². The van der Waals surface area contributed by atoms with Gasteiger partial charge in [0.1, 0.15) is 5.75 Å². The number of carboxylic acids is 1. The number of hydrogen-bond acceptors (Lipinski definition) is 5. The molecular formula is C13H15NO6. The van der Waals surface area contributed by atoms with Crippen molar-refractivity contribution in [2.75, 3.05) is 0 Å². The first-order chi connectivity index (χ1) is 9.40. The van der Waals surface area contributed by atoms with Crippen LogP contribution < -0.4 is 0 Å². The fraction of sp³-hybridized carbons (Fsp3) is 0.308. The number of hydrogen-bond donors (Lipinski definition) is 3. The van der Waals surface area contributed by atoms with Crippen molar-refractivity contribution in [2.24, 2.45) is 0 Å². The van der Waals surface area contributed by atoms with Crippen molar-refractivity contribution in [1.82, 2.24) is 5.06 Å². The Hall–Kier alpha value is -2.41. The first-order valence-electron chi connectivity index (χ1n) is 5.94. The summed E-state index contributed by atoms with van der Waals surface area (Å²) in [5, 5.41) is 26.0. The Kier molecular flexibility index (Phi) is 5.67. The zero-order chi connectivity index (χ0) is 15.1. The molecule has 0 bridgehead atoms. The number of aliphatic carboxylic acids is 1. The summed E-state index contributed by atoms with van der Waals surface area (Å²) in [5.41, 5.74) is 0.845. The Bertz CT molecular complexity index is 497. The predicted octanol–water partition coefficient (Wildman–Crippen LogP) is 0.934. The zero-order valence-electron chi connectivity index (χ0n) is 10.7. The lowest BCUT2D eigenvalue weighted by Crippen LogP contribution is -2.24. The molecule has 0 spiro atoms. The number of carboxylic acid groups (broad SMARTS) is 1. The highest BCUT2D eigenvalue weighted by molar-refractivity contribution is 6.00. The zero-order valence-corrected chi connectivity index (χ0v) is 10.7. The van der Waals surface area contributed by atoms with E-state index in [9.17, 15) is 14.4 Å². The Morgan fingerprint density at radius 2 is 1.80 bits per heavy atom. The standard InChI is InChI=1S/C9H10O3.C4H5NO3/c10-8-3-1-2-7(6-8)4-5-9(11)12;6-3-1-2-4(7)5(3)8/h1-3,6,10H,4-5H2,(H,11,12);8H,1-2H2. The van der Waals surface area contributed by atoms with Crippen LogP contribution in [0.5, 0.6) is 5.75 Å². The smallest absolute Gasteiger partial charge is 0.303 e. The third-order valence-corrected chi connectivity index (χ3v) is 2.56. The summed E-state index contributed by atoms with van der Waals surface area (Å²) in [6.07, 6.45) is 0.859. The number of imide groups is 1. The summed E-state index contributed by atoms with van der Waals surface area (Å²) < 4.78 is 0. The third-order valence-electron chi connectivity index (χ3n) is 2.56. The van der Waals surface area contributed by atoms with Crippen LogP contribution in [-0.4, -0.2) is 38.3 Å². The van der Waals surface area contributed by atoms with Gasteiger partial charge in [-0.1, -0.05) is 12.1 Å². The molecule has 2 amide bonds. The van der Waals surface area contributed by atoms with Gasteiger partial charge in [-0.15, -0.1) is 0 Å². The minimum Gasteiger partial charge on any atom is -0.508 e. The van der Waals surface area contributed by atoms with Crippen LogP contribution in [0.2, 0.25) is 0 Å². The molecule has 1 heterocycles. The molecule has 2 rings (SSSR count). The number of carbonyl (C=O) groups is 3. The van der Waals surface area contributed by atoms with Crippen LogP contribution in [0.3, 0.4) is 0 Å². The van der Waals surface area contributed by atoms with Crippen molar-refractivity contribution in [3.8, 4) is 5.75 Å². The van der Waals surface area contributed by atoms with Crippen molar-refractivity contribution in [1.29, 1.82) is 0 Å². The maximum absolute atomic E-state index is 10.2. The lowest BCUT2D eigenvalue weighted by molar-refractivity contribution is -0.171. The van der Waals surface area contributed by atoms with Gasteiger partial charge >= 0.3 is 5.97 Å². The van der Waals surface area contributed by atoms with E-state index in [-0.39, 0.29) is 30.1 Å². The molecule has 0 saturated carbocycles. The van der Waals surface area contributed by atoms with E-state index in [2.05, 4.69) is 0 Å². The van der Waals surface area contributed by atoms with Gasteiger partial charge < -0.3 is 10.2 Å². The van der Waals surface area contributed by atoms with Crippen LogP contribution in [0, 0.1) is 0 Å². The van der Waals surface area contributed by atoms with Gasteiger partial charge in [-0.2, -0.15) is 5.06 Å². The molecule has 0 aliphatic carbocycles. The number of phenols is 1. The quantitative estimate of drug-likeness (QED) is 0.561. The maximum atomic E-state index is 10.2. The van der Waals surface area contributed by atoms with Gasteiger partial charge in [-0.05, 0) is 24.1 Å². The second kappa shape index (κ2) is 7.25. The SMILES string of the molecule is O=C(O)CCc1cccc(O)c1.O=C1CCC(=O)N1O. The van der Waals surface area contributed by atoms with Crippen LogP contribution in [0.1, 0.15) is 24.8 Å². The van der Waals surface area contributed by atoms with E-state index in [1.165, 1.54) is 0 Å². The Labute approximate surface area is 115 Å². The number of hydroxylamine groups is 2. The number of rotatable bonds is 3. The molecule has 7 heteroatoms. The molecule has 1 aliphatic rings. The normalized spacial score (nSPS) is 13.9. The first-order valence-corrected chi connectivity index (χ1v) is 5.94. The number of aromatic hydroxyl groups is 1. The fourth-order valence-corrected chi connectivity index (χ4v) is 1.53. The fourth-order valence-electron chi connectivity index (χ4n) is 1.53. The van der Waals surface area contributed by atoms with E-state index in [0.717, 1.165) is 5.56 Å². The highest BCUT2D eigenvalue weighted by Gasteiger charge is 2.26. The van der Waals surface area contributed by atoms with Crippen LogP contribution in [0.15, 0.2) is 24.3 Å². The summed E-state index contributed by atoms with van der Waals surface area (Å²) >= 11 is 0. The lowest BCUT2D eigenvalue weighted by atomic mass is 10.1. The van der Waals surface area contributed by atoms with Gasteiger partial charge in [0.2, 0.25) is 0 Å². The molecule has 20 heavy (non-hydrogen) atoms. The molecule has 7 nitrogen and oxygen atoms in total. The van der Waals surface area contributed by atoms with Gasteiger partial charge in [-0.3, -0.25) is 19.6 Å². The van der Waals surface area contributed by atoms with Gasteiger partial charge in [0.25, 0.3) is 11.8 Å². The molecule has 1 fully saturated rings. The molecule has 0 radical (unpaired) electrons. The summed E-state index contributed by atoms with van der Waals surface area (Å²) in [7, 11) is 0. The largest absolute Gasteiger partial charge is 0.508 e. The maximum Gasteiger partial charge on any atom is 0.303 e. The van der Waals surface area contributed by atoms with E-state index < -0.39 is 17.8 Å². The number of amides is 2. The first kappa shape index (κ1) is 15.6. The Balaban J connectivity index is 0.000000217. The molecule has 0 atom stereocenters. The van der Waals surface area contributed by atoms with Crippen molar-refractivity contribution >= 4 is 17.8 Å². The van der Waals surface area contributed by atoms with Crippen LogP contribution >= 0.6 is 0 Å². The molecule has 108 valence electrons. The monoisotopic (exact) mass is 281 g/mol. The summed E-state index contributed by atoms with van der Waals surface area (Å²) in [4.78, 5) is 30.7. The minimum absolute atomic E-state index is 0.101. The highest BCUT2D eigenvalue weighted by Crippen LogP contribution is 2.12. The van der Waals surface area contributed by atoms with Crippen molar-refractivity contribution in [3.05, 3.63) is 29.8 Å². The van der Waals surface area contributed by atoms with Gasteiger partial charge in [-0.25, -0.2) is 0 Å². The highest BCUT2D eigenvalue weighted by atomic mass is 16.5. The molecular weight excluding hydrogens is 266 g/mol. The minimum atomic E-state index is -0.821. The number of carbonyl (C=O) groups excluding carboxylic acids is 2. The van der Waals surface area contributed by atoms with E-state index in [4.69, 9.17) is 15.4 Å². The summed E-state index contributed by atoms with van der Waals surface area (Å²) in [6.45, 7) is 0. The van der Waals surface area contributed by atoms with Gasteiger partial charge in [0, 0.05) is 19.3 Å². The average Bonchev–Trinajstić information content (AvgIpc) is 2.69. The number of phenolic OH excluding ortho intramolecular Hbond substituents is 1. The van der Waals surface area contributed by atoms with Crippen molar-refractivity contribution < 1.29 is 29.8 Å². The topological polar surface area (TPSA) is 115 Å². The van der Waals surface area contributed by atoms with E-state index in [1.54, 1.807) is 24.3 Å². The van der Waals surface area contributed by atoms with Crippen LogP contribution in [0.25, 0.3) is 0 Å². The second-order valence-corrected chi connectivity index (χ2v) is 4.16. The summed E-state index contributed by atoms with van der Waals surface area (Å²) in [5.74, 6) is -1.65. The predicted molar refractivity (Wildman–Crippen MR) is 66.9 cm³/mol. The van der Waals surface area contributed by atoms with E-state index in [1.807, 2.05) is 0 Å². The second-order valence-electron chi connectivity index (χ2n) is 4.16. The average molecular weight is 281 g/mol. The lowest BCUT2D eigenvalue weighted by Gasteiger charge is -1.98. The molecule has 1 aromatic carbocycles. The number of aryl methyl sites for hydroxylation is 1. The molecule has 0 unspecified atom stereocenters. The van der Waals surface area contributed by atoms with Crippen LogP contribution in [0.4, 0.5) is 0 Å². The van der Waals surface area contributed by atoms with Gasteiger partial charge in [0.15, 0.2) is 0 Å². The number of benzene rings is 1. The molecule has 1 aromatic rings. The third kappa shape index (κ3) is 5.07. The van der Waals surface area contributed by atoms with Crippen molar-refractivity contribution in [3.63, 3.8) is 0 Å². The Morgan fingerprint density at radius 3 is 2.20 bits per heavy atom.